The van der Waals surface area contributed by atoms with Crippen molar-refractivity contribution >= 4 is 44.9 Å². The van der Waals surface area contributed by atoms with Crippen molar-refractivity contribution in [1.82, 2.24) is 29.3 Å². The van der Waals surface area contributed by atoms with Crippen molar-refractivity contribution in [2.45, 2.75) is 19.9 Å². The molecule has 5 aromatic rings. The van der Waals surface area contributed by atoms with Crippen molar-refractivity contribution in [3.05, 3.63) is 69.1 Å². The lowest BCUT2D eigenvalue weighted by Gasteiger charge is -2.18. The number of imidazole rings is 1. The Balaban J connectivity index is 1.71. The quantitative estimate of drug-likeness (QED) is 0.436. The third-order valence-electron chi connectivity index (χ3n) is 4.90. The number of hydrogen-bond acceptors (Lipinski definition) is 7. The van der Waals surface area contributed by atoms with Crippen LogP contribution in [0.4, 0.5) is 5.82 Å². The number of thiazole rings is 1. The molecule has 10 heteroatoms. The second-order valence-electron chi connectivity index (χ2n) is 6.84. The lowest BCUT2D eigenvalue weighted by Crippen LogP contribution is -2.23. The molecule has 0 saturated carbocycles. The van der Waals surface area contributed by atoms with Crippen molar-refractivity contribution in [3.8, 4) is 11.1 Å². The monoisotopic (exact) mass is 437 g/mol. The van der Waals surface area contributed by atoms with Crippen molar-refractivity contribution < 1.29 is 0 Å². The van der Waals surface area contributed by atoms with Gasteiger partial charge in [0, 0.05) is 21.7 Å². The molecular formula is C20H16ClN7OS. The fourth-order valence-corrected chi connectivity index (χ4v) is 4.57. The van der Waals surface area contributed by atoms with Crippen LogP contribution in [0.3, 0.4) is 0 Å². The van der Waals surface area contributed by atoms with E-state index < -0.39 is 0 Å². The Bertz CT molecular complexity index is 1450. The zero-order valence-corrected chi connectivity index (χ0v) is 17.6. The van der Waals surface area contributed by atoms with E-state index in [1.165, 1.54) is 17.7 Å². The number of aromatic amines is 1. The van der Waals surface area contributed by atoms with Gasteiger partial charge in [-0.15, -0.1) is 11.3 Å². The summed E-state index contributed by atoms with van der Waals surface area (Å²) in [5, 5.41) is 5.76. The van der Waals surface area contributed by atoms with Crippen LogP contribution in [0.1, 0.15) is 24.4 Å². The molecule has 4 heterocycles. The number of anilines is 1. The Morgan fingerprint density at radius 2 is 2.07 bits per heavy atom. The molecule has 150 valence electrons. The summed E-state index contributed by atoms with van der Waals surface area (Å²) in [6, 6.07) is 6.96. The van der Waals surface area contributed by atoms with Crippen LogP contribution in [0.25, 0.3) is 27.3 Å². The Kier molecular flexibility index (Phi) is 4.48. The number of benzene rings is 1. The minimum Gasteiger partial charge on any atom is -0.360 e. The number of rotatable bonds is 4. The van der Waals surface area contributed by atoms with Crippen LogP contribution in [0, 0.1) is 6.92 Å². The van der Waals surface area contributed by atoms with Gasteiger partial charge in [-0.1, -0.05) is 29.8 Å². The maximum absolute atomic E-state index is 13.5. The fourth-order valence-electron chi connectivity index (χ4n) is 3.48. The minimum atomic E-state index is -0.335. The predicted octanol–water partition coefficient (Wildman–Crippen LogP) is 4.22. The molecule has 0 fully saturated rings. The molecule has 2 N–H and O–H groups in total. The Hall–Kier alpha value is -3.30. The summed E-state index contributed by atoms with van der Waals surface area (Å²) in [6.07, 6.45) is 3.01. The molecule has 1 atom stereocenters. The Morgan fingerprint density at radius 3 is 2.90 bits per heavy atom. The first-order chi connectivity index (χ1) is 14.5. The van der Waals surface area contributed by atoms with Gasteiger partial charge in [0.1, 0.15) is 11.8 Å². The molecule has 0 amide bonds. The molecule has 30 heavy (non-hydrogen) atoms. The zero-order valence-electron chi connectivity index (χ0n) is 16.0. The van der Waals surface area contributed by atoms with Crippen LogP contribution >= 0.6 is 22.9 Å². The maximum atomic E-state index is 13.5. The standard InChI is InChI=1S/C20H16ClN7OS/c1-10-7-30-20-27-15(11(2)26-18-16-17(23-8-22-16)24-9-25-18)14(19(29)28(10)20)12-5-3-4-6-13(12)21/h3-9,11H,1-2H3,(H2,22,23,24,25,26)/t11-/m1/s1. The highest BCUT2D eigenvalue weighted by Crippen LogP contribution is 2.32. The molecule has 0 saturated heterocycles. The average Bonchev–Trinajstić information content (AvgIpc) is 3.36. The molecule has 5 rings (SSSR count). The topological polar surface area (TPSA) is 101 Å². The van der Waals surface area contributed by atoms with Gasteiger partial charge in [-0.3, -0.25) is 9.20 Å². The Labute approximate surface area is 179 Å². The zero-order chi connectivity index (χ0) is 20.8. The second-order valence-corrected chi connectivity index (χ2v) is 8.09. The van der Waals surface area contributed by atoms with Gasteiger partial charge in [-0.05, 0) is 19.9 Å². The van der Waals surface area contributed by atoms with Crippen LogP contribution < -0.4 is 10.9 Å². The molecule has 8 nitrogen and oxygen atoms in total. The molecule has 0 unspecified atom stereocenters. The smallest absolute Gasteiger partial charge is 0.267 e. The first-order valence-electron chi connectivity index (χ1n) is 9.21. The van der Waals surface area contributed by atoms with Crippen molar-refractivity contribution in [2.75, 3.05) is 5.32 Å². The van der Waals surface area contributed by atoms with Crippen LogP contribution in [-0.4, -0.2) is 29.3 Å². The van der Waals surface area contributed by atoms with Crippen molar-refractivity contribution in [2.24, 2.45) is 0 Å². The van der Waals surface area contributed by atoms with E-state index in [0.29, 0.717) is 43.8 Å². The molecule has 0 radical (unpaired) electrons. The fraction of sp³-hybridized carbons (Fsp3) is 0.150. The van der Waals surface area contributed by atoms with Gasteiger partial charge in [0.2, 0.25) is 0 Å². The lowest BCUT2D eigenvalue weighted by atomic mass is 10.0. The largest absolute Gasteiger partial charge is 0.360 e. The number of fused-ring (bicyclic) bond motifs is 2. The average molecular weight is 438 g/mol. The van der Waals surface area contributed by atoms with Gasteiger partial charge in [0.25, 0.3) is 5.56 Å². The van der Waals surface area contributed by atoms with E-state index in [1.54, 1.807) is 16.8 Å². The van der Waals surface area contributed by atoms with Crippen LogP contribution in [0.15, 0.2) is 47.1 Å². The van der Waals surface area contributed by atoms with Gasteiger partial charge in [-0.25, -0.2) is 19.9 Å². The first kappa shape index (κ1) is 18.7. The third-order valence-corrected chi connectivity index (χ3v) is 6.17. The number of hydrogen-bond donors (Lipinski definition) is 2. The van der Waals surface area contributed by atoms with E-state index >= 15 is 0 Å². The number of nitrogens with zero attached hydrogens (tertiary/aromatic N) is 5. The molecule has 0 aliphatic heterocycles. The SMILES string of the molecule is Cc1csc2nc([C@@H](C)Nc3ncnc4nc[nH]c34)c(-c3ccccc3Cl)c(=O)n12. The third kappa shape index (κ3) is 2.94. The summed E-state index contributed by atoms with van der Waals surface area (Å²) in [7, 11) is 0. The van der Waals surface area contributed by atoms with E-state index in [2.05, 4.69) is 25.3 Å². The number of H-pyrrole nitrogens is 1. The number of aryl methyl sites for hydroxylation is 1. The highest BCUT2D eigenvalue weighted by atomic mass is 35.5. The second kappa shape index (κ2) is 7.19. The van der Waals surface area contributed by atoms with Crippen molar-refractivity contribution in [1.29, 1.82) is 0 Å². The summed E-state index contributed by atoms with van der Waals surface area (Å²) in [5.41, 5.74) is 3.65. The normalized spacial score (nSPS) is 12.5. The molecule has 1 aromatic carbocycles. The molecule has 0 bridgehead atoms. The molecule has 0 aliphatic rings. The highest BCUT2D eigenvalue weighted by molar-refractivity contribution is 7.15. The van der Waals surface area contributed by atoms with Crippen LogP contribution in [0.2, 0.25) is 5.02 Å². The number of aromatic nitrogens is 6. The first-order valence-corrected chi connectivity index (χ1v) is 10.5. The maximum Gasteiger partial charge on any atom is 0.267 e. The minimum absolute atomic E-state index is 0.148. The predicted molar refractivity (Wildman–Crippen MR) is 118 cm³/mol. The van der Waals surface area contributed by atoms with Gasteiger partial charge < -0.3 is 10.3 Å². The highest BCUT2D eigenvalue weighted by Gasteiger charge is 2.23. The number of nitrogens with one attached hydrogen (secondary N) is 2. The summed E-state index contributed by atoms with van der Waals surface area (Å²) in [6.45, 7) is 3.82. The molecule has 0 aliphatic carbocycles. The van der Waals surface area contributed by atoms with Gasteiger partial charge in [0.05, 0.1) is 23.6 Å². The molecule has 0 spiro atoms. The lowest BCUT2D eigenvalue weighted by molar-refractivity contribution is 0.826. The van der Waals surface area contributed by atoms with E-state index in [-0.39, 0.29) is 11.6 Å². The summed E-state index contributed by atoms with van der Waals surface area (Å²) in [4.78, 5) is 34.6. The van der Waals surface area contributed by atoms with E-state index in [4.69, 9.17) is 16.6 Å². The Morgan fingerprint density at radius 1 is 1.23 bits per heavy atom. The van der Waals surface area contributed by atoms with Crippen LogP contribution in [-0.2, 0) is 0 Å². The molecular weight excluding hydrogens is 422 g/mol. The molecule has 4 aromatic heterocycles. The van der Waals surface area contributed by atoms with E-state index in [0.717, 1.165) is 5.69 Å². The van der Waals surface area contributed by atoms with Crippen molar-refractivity contribution in [3.63, 3.8) is 0 Å². The summed E-state index contributed by atoms with van der Waals surface area (Å²) in [5.74, 6) is 0.583. The number of halogens is 1. The van der Waals surface area contributed by atoms with E-state index in [1.807, 2.05) is 37.4 Å². The van der Waals surface area contributed by atoms with Crippen LogP contribution in [0.5, 0.6) is 0 Å². The van der Waals surface area contributed by atoms with Gasteiger partial charge in [-0.2, -0.15) is 0 Å². The summed E-state index contributed by atoms with van der Waals surface area (Å²) >= 11 is 7.90. The van der Waals surface area contributed by atoms with Gasteiger partial charge in [0.15, 0.2) is 16.4 Å². The van der Waals surface area contributed by atoms with Gasteiger partial charge >= 0.3 is 0 Å². The summed E-state index contributed by atoms with van der Waals surface area (Å²) < 4.78 is 1.62. The van der Waals surface area contributed by atoms with E-state index in [9.17, 15) is 4.79 Å².